The van der Waals surface area contributed by atoms with Crippen LogP contribution in [-0.2, 0) is 0 Å². The fourth-order valence-corrected chi connectivity index (χ4v) is 2.43. The van der Waals surface area contributed by atoms with E-state index in [4.69, 9.17) is 9.84 Å². The molecule has 18 heavy (non-hydrogen) atoms. The summed E-state index contributed by atoms with van der Waals surface area (Å²) in [5.74, 6) is 0.886. The molecule has 0 spiro atoms. The van der Waals surface area contributed by atoms with Crippen molar-refractivity contribution in [3.63, 3.8) is 0 Å². The minimum absolute atomic E-state index is 0.234. The monoisotopic (exact) mass is 250 g/mol. The van der Waals surface area contributed by atoms with E-state index in [1.165, 1.54) is 5.69 Å². The van der Waals surface area contributed by atoms with Gasteiger partial charge in [-0.2, -0.15) is 0 Å². The van der Waals surface area contributed by atoms with Gasteiger partial charge in [0.2, 0.25) is 0 Å². The number of hydrogen-bond donors (Lipinski definition) is 2. The summed E-state index contributed by atoms with van der Waals surface area (Å²) in [5.41, 5.74) is 1.19. The van der Waals surface area contributed by atoms with Crippen LogP contribution >= 0.6 is 0 Å². The summed E-state index contributed by atoms with van der Waals surface area (Å²) in [6.45, 7) is 4.32. The molecule has 1 aromatic rings. The van der Waals surface area contributed by atoms with E-state index in [2.05, 4.69) is 29.3 Å². The Hall–Kier alpha value is -1.26. The number of piperazine rings is 1. The van der Waals surface area contributed by atoms with Gasteiger partial charge in [0.1, 0.15) is 5.75 Å². The molecule has 0 aromatic heterocycles. The highest BCUT2D eigenvalue weighted by molar-refractivity contribution is 5.52. The standard InChI is InChI=1S/C14H22N2O2/c1-11-9-15-12(6-7-17)10-16(11)13-4-3-5-14(8-13)18-2/h3-5,8,11-12,15,17H,6-7,9-10H2,1-2H3. The Bertz CT molecular complexity index is 384. The van der Waals surface area contributed by atoms with Gasteiger partial charge in [0.25, 0.3) is 0 Å². The third kappa shape index (κ3) is 2.94. The van der Waals surface area contributed by atoms with Gasteiger partial charge in [-0.15, -0.1) is 0 Å². The maximum absolute atomic E-state index is 9.04. The molecule has 4 heteroatoms. The van der Waals surface area contributed by atoms with Crippen molar-refractivity contribution in [1.29, 1.82) is 0 Å². The van der Waals surface area contributed by atoms with E-state index in [0.717, 1.165) is 25.3 Å². The number of hydrogen-bond acceptors (Lipinski definition) is 4. The number of aliphatic hydroxyl groups is 1. The molecular formula is C14H22N2O2. The highest BCUT2D eigenvalue weighted by Gasteiger charge is 2.24. The molecule has 1 aliphatic rings. The van der Waals surface area contributed by atoms with Crippen LogP contribution in [0.15, 0.2) is 24.3 Å². The lowest BCUT2D eigenvalue weighted by Crippen LogP contribution is -2.55. The third-order valence-corrected chi connectivity index (χ3v) is 3.51. The molecule has 0 radical (unpaired) electrons. The van der Waals surface area contributed by atoms with E-state index >= 15 is 0 Å². The molecule has 0 amide bonds. The fourth-order valence-electron chi connectivity index (χ4n) is 2.43. The van der Waals surface area contributed by atoms with Crippen molar-refractivity contribution in [2.24, 2.45) is 0 Å². The summed E-state index contributed by atoms with van der Waals surface area (Å²) >= 11 is 0. The average Bonchev–Trinajstić information content (AvgIpc) is 2.41. The van der Waals surface area contributed by atoms with Gasteiger partial charge in [0.15, 0.2) is 0 Å². The van der Waals surface area contributed by atoms with Crippen molar-refractivity contribution in [2.45, 2.75) is 25.4 Å². The predicted octanol–water partition coefficient (Wildman–Crippen LogP) is 1.24. The topological polar surface area (TPSA) is 44.7 Å². The molecule has 0 saturated carbocycles. The molecule has 2 N–H and O–H groups in total. The fraction of sp³-hybridized carbons (Fsp3) is 0.571. The van der Waals surface area contributed by atoms with Crippen LogP contribution in [0.1, 0.15) is 13.3 Å². The van der Waals surface area contributed by atoms with Crippen LogP contribution in [0.4, 0.5) is 5.69 Å². The van der Waals surface area contributed by atoms with Gasteiger partial charge >= 0.3 is 0 Å². The first-order chi connectivity index (χ1) is 8.74. The van der Waals surface area contributed by atoms with Gasteiger partial charge in [-0.3, -0.25) is 0 Å². The minimum atomic E-state index is 0.234. The summed E-state index contributed by atoms with van der Waals surface area (Å²) < 4.78 is 5.27. The molecule has 1 saturated heterocycles. The SMILES string of the molecule is COc1cccc(N2CC(CCO)NCC2C)c1. The molecule has 1 fully saturated rings. The van der Waals surface area contributed by atoms with Crippen LogP contribution in [0.3, 0.4) is 0 Å². The first kappa shape index (κ1) is 13.2. The van der Waals surface area contributed by atoms with Crippen LogP contribution < -0.4 is 15.0 Å². The number of nitrogens with zero attached hydrogens (tertiary/aromatic N) is 1. The maximum Gasteiger partial charge on any atom is 0.120 e. The Labute approximate surface area is 109 Å². The summed E-state index contributed by atoms with van der Waals surface area (Å²) in [7, 11) is 1.69. The second kappa shape index (κ2) is 6.07. The molecule has 0 bridgehead atoms. The van der Waals surface area contributed by atoms with Crippen molar-refractivity contribution >= 4 is 5.69 Å². The summed E-state index contributed by atoms with van der Waals surface area (Å²) in [4.78, 5) is 2.37. The molecular weight excluding hydrogens is 228 g/mol. The van der Waals surface area contributed by atoms with E-state index in [9.17, 15) is 0 Å². The van der Waals surface area contributed by atoms with E-state index < -0.39 is 0 Å². The zero-order valence-corrected chi connectivity index (χ0v) is 11.1. The van der Waals surface area contributed by atoms with Crippen molar-refractivity contribution in [3.05, 3.63) is 24.3 Å². The van der Waals surface area contributed by atoms with E-state index in [-0.39, 0.29) is 6.61 Å². The maximum atomic E-state index is 9.04. The zero-order chi connectivity index (χ0) is 13.0. The molecule has 1 aliphatic heterocycles. The smallest absolute Gasteiger partial charge is 0.120 e. The molecule has 4 nitrogen and oxygen atoms in total. The minimum Gasteiger partial charge on any atom is -0.497 e. The summed E-state index contributed by atoms with van der Waals surface area (Å²) in [6.07, 6.45) is 0.799. The molecule has 1 aromatic carbocycles. The van der Waals surface area contributed by atoms with Crippen LogP contribution in [0, 0.1) is 0 Å². The first-order valence-corrected chi connectivity index (χ1v) is 6.49. The highest BCUT2D eigenvalue weighted by atomic mass is 16.5. The Morgan fingerprint density at radius 3 is 3.06 bits per heavy atom. The lowest BCUT2D eigenvalue weighted by atomic mass is 10.1. The van der Waals surface area contributed by atoms with E-state index in [0.29, 0.717) is 12.1 Å². The lowest BCUT2D eigenvalue weighted by Gasteiger charge is -2.40. The number of aliphatic hydroxyl groups excluding tert-OH is 1. The number of anilines is 1. The number of rotatable bonds is 4. The third-order valence-electron chi connectivity index (χ3n) is 3.51. The molecule has 1 heterocycles. The largest absolute Gasteiger partial charge is 0.497 e. The van der Waals surface area contributed by atoms with Gasteiger partial charge in [-0.05, 0) is 25.5 Å². The van der Waals surface area contributed by atoms with Crippen molar-refractivity contribution < 1.29 is 9.84 Å². The Balaban J connectivity index is 2.13. The molecule has 0 aliphatic carbocycles. The Morgan fingerprint density at radius 1 is 1.50 bits per heavy atom. The average molecular weight is 250 g/mol. The van der Waals surface area contributed by atoms with Crippen molar-refractivity contribution in [3.8, 4) is 5.75 Å². The Morgan fingerprint density at radius 2 is 2.33 bits per heavy atom. The predicted molar refractivity (Wildman–Crippen MR) is 73.3 cm³/mol. The number of methoxy groups -OCH3 is 1. The molecule has 2 unspecified atom stereocenters. The number of ether oxygens (including phenoxy) is 1. The van der Waals surface area contributed by atoms with Crippen molar-refractivity contribution in [1.82, 2.24) is 5.32 Å². The van der Waals surface area contributed by atoms with Gasteiger partial charge in [-0.25, -0.2) is 0 Å². The Kier molecular flexibility index (Phi) is 4.44. The van der Waals surface area contributed by atoms with Crippen LogP contribution in [-0.4, -0.2) is 44.0 Å². The molecule has 2 atom stereocenters. The lowest BCUT2D eigenvalue weighted by molar-refractivity contribution is 0.254. The van der Waals surface area contributed by atoms with Crippen LogP contribution in [0.5, 0.6) is 5.75 Å². The second-order valence-corrected chi connectivity index (χ2v) is 4.82. The second-order valence-electron chi connectivity index (χ2n) is 4.82. The van der Waals surface area contributed by atoms with Crippen LogP contribution in [0.25, 0.3) is 0 Å². The first-order valence-electron chi connectivity index (χ1n) is 6.49. The number of nitrogens with one attached hydrogen (secondary N) is 1. The molecule has 2 rings (SSSR count). The van der Waals surface area contributed by atoms with Gasteiger partial charge in [0, 0.05) is 43.5 Å². The van der Waals surface area contributed by atoms with E-state index in [1.54, 1.807) is 7.11 Å². The van der Waals surface area contributed by atoms with Crippen LogP contribution in [0.2, 0.25) is 0 Å². The zero-order valence-electron chi connectivity index (χ0n) is 11.1. The quantitative estimate of drug-likeness (QED) is 0.844. The highest BCUT2D eigenvalue weighted by Crippen LogP contribution is 2.24. The van der Waals surface area contributed by atoms with Gasteiger partial charge < -0.3 is 20.1 Å². The van der Waals surface area contributed by atoms with Crippen molar-refractivity contribution in [2.75, 3.05) is 31.7 Å². The summed E-state index contributed by atoms with van der Waals surface area (Å²) in [5, 5.41) is 12.5. The molecule has 100 valence electrons. The van der Waals surface area contributed by atoms with Gasteiger partial charge in [-0.1, -0.05) is 6.07 Å². The van der Waals surface area contributed by atoms with Gasteiger partial charge in [0.05, 0.1) is 7.11 Å². The van der Waals surface area contributed by atoms with E-state index in [1.807, 2.05) is 12.1 Å². The number of benzene rings is 1. The summed E-state index contributed by atoms with van der Waals surface area (Å²) in [6, 6.07) is 8.97. The normalized spacial score (nSPS) is 24.1.